The lowest BCUT2D eigenvalue weighted by Gasteiger charge is -2.32. The zero-order valence-corrected chi connectivity index (χ0v) is 10.8. The number of aliphatic hydroxyl groups excluding tert-OH is 1. The van der Waals surface area contributed by atoms with Crippen LogP contribution >= 0.6 is 0 Å². The van der Waals surface area contributed by atoms with E-state index in [0.717, 1.165) is 25.9 Å². The lowest BCUT2D eigenvalue weighted by Crippen LogP contribution is -2.46. The molecule has 17 heavy (non-hydrogen) atoms. The second-order valence-electron chi connectivity index (χ2n) is 4.96. The van der Waals surface area contributed by atoms with Crippen LogP contribution in [-0.4, -0.2) is 50.5 Å². The van der Waals surface area contributed by atoms with E-state index in [1.807, 2.05) is 6.92 Å². The summed E-state index contributed by atoms with van der Waals surface area (Å²) in [5.74, 6) is 0.101. The second-order valence-corrected chi connectivity index (χ2v) is 4.96. The van der Waals surface area contributed by atoms with Crippen LogP contribution in [0.1, 0.15) is 26.2 Å². The Kier molecular flexibility index (Phi) is 5.88. The SMILES string of the molecule is COCC(O)CCNC(=O)C1(C)CCNCC1. The highest BCUT2D eigenvalue weighted by Crippen LogP contribution is 2.27. The molecule has 0 aliphatic carbocycles. The fourth-order valence-corrected chi connectivity index (χ4v) is 2.05. The zero-order valence-electron chi connectivity index (χ0n) is 10.8. The van der Waals surface area contributed by atoms with E-state index in [4.69, 9.17) is 4.74 Å². The van der Waals surface area contributed by atoms with Gasteiger partial charge in [-0.2, -0.15) is 0 Å². The van der Waals surface area contributed by atoms with Crippen molar-refractivity contribution in [2.75, 3.05) is 33.4 Å². The largest absolute Gasteiger partial charge is 0.391 e. The van der Waals surface area contributed by atoms with Gasteiger partial charge in [-0.15, -0.1) is 0 Å². The number of rotatable bonds is 6. The third-order valence-electron chi connectivity index (χ3n) is 3.38. The first-order valence-corrected chi connectivity index (χ1v) is 6.24. The predicted molar refractivity (Wildman–Crippen MR) is 65.7 cm³/mol. The lowest BCUT2D eigenvalue weighted by atomic mass is 9.80. The van der Waals surface area contributed by atoms with Crippen LogP contribution in [0.5, 0.6) is 0 Å². The molecule has 0 aromatic carbocycles. The van der Waals surface area contributed by atoms with Crippen LogP contribution in [0.2, 0.25) is 0 Å². The third-order valence-corrected chi connectivity index (χ3v) is 3.38. The number of methoxy groups -OCH3 is 1. The maximum Gasteiger partial charge on any atom is 0.226 e. The molecule has 1 amide bonds. The summed E-state index contributed by atoms with van der Waals surface area (Å²) in [6, 6.07) is 0. The van der Waals surface area contributed by atoms with Crippen LogP contribution < -0.4 is 10.6 Å². The minimum absolute atomic E-state index is 0.101. The van der Waals surface area contributed by atoms with Crippen molar-refractivity contribution < 1.29 is 14.6 Å². The van der Waals surface area contributed by atoms with E-state index in [9.17, 15) is 9.90 Å². The van der Waals surface area contributed by atoms with Crippen LogP contribution in [0.3, 0.4) is 0 Å². The van der Waals surface area contributed by atoms with Gasteiger partial charge < -0.3 is 20.5 Å². The van der Waals surface area contributed by atoms with Crippen molar-refractivity contribution in [3.8, 4) is 0 Å². The molecule has 0 saturated carbocycles. The van der Waals surface area contributed by atoms with Crippen molar-refractivity contribution >= 4 is 5.91 Å². The maximum absolute atomic E-state index is 12.0. The molecule has 100 valence electrons. The lowest BCUT2D eigenvalue weighted by molar-refractivity contribution is -0.131. The molecule has 1 saturated heterocycles. The quantitative estimate of drug-likeness (QED) is 0.610. The van der Waals surface area contributed by atoms with Gasteiger partial charge in [0.1, 0.15) is 0 Å². The van der Waals surface area contributed by atoms with Crippen molar-refractivity contribution in [2.45, 2.75) is 32.3 Å². The Morgan fingerprint density at radius 2 is 2.18 bits per heavy atom. The van der Waals surface area contributed by atoms with Crippen molar-refractivity contribution in [1.29, 1.82) is 0 Å². The smallest absolute Gasteiger partial charge is 0.226 e. The zero-order chi connectivity index (χ0) is 12.7. The Hall–Kier alpha value is -0.650. The Morgan fingerprint density at radius 3 is 2.76 bits per heavy atom. The van der Waals surface area contributed by atoms with Gasteiger partial charge in [0.2, 0.25) is 5.91 Å². The van der Waals surface area contributed by atoms with E-state index < -0.39 is 6.10 Å². The van der Waals surface area contributed by atoms with Gasteiger partial charge in [0.25, 0.3) is 0 Å². The molecule has 1 fully saturated rings. The molecule has 1 rings (SSSR count). The molecular weight excluding hydrogens is 220 g/mol. The van der Waals surface area contributed by atoms with Gasteiger partial charge in [-0.05, 0) is 32.4 Å². The first-order valence-electron chi connectivity index (χ1n) is 6.24. The van der Waals surface area contributed by atoms with E-state index in [1.54, 1.807) is 7.11 Å². The van der Waals surface area contributed by atoms with Crippen LogP contribution in [0.4, 0.5) is 0 Å². The van der Waals surface area contributed by atoms with Crippen LogP contribution in [0.25, 0.3) is 0 Å². The Balaban J connectivity index is 2.24. The van der Waals surface area contributed by atoms with Gasteiger partial charge >= 0.3 is 0 Å². The molecule has 0 aromatic heterocycles. The summed E-state index contributed by atoms with van der Waals surface area (Å²) in [5, 5.41) is 15.6. The van der Waals surface area contributed by atoms with Gasteiger partial charge in [-0.3, -0.25) is 4.79 Å². The average molecular weight is 244 g/mol. The summed E-state index contributed by atoms with van der Waals surface area (Å²) in [4.78, 5) is 12.0. The molecule has 3 N–H and O–H groups in total. The van der Waals surface area contributed by atoms with Gasteiger partial charge in [0.15, 0.2) is 0 Å². The van der Waals surface area contributed by atoms with E-state index in [-0.39, 0.29) is 11.3 Å². The highest BCUT2D eigenvalue weighted by molar-refractivity contribution is 5.82. The number of hydrogen-bond donors (Lipinski definition) is 3. The monoisotopic (exact) mass is 244 g/mol. The highest BCUT2D eigenvalue weighted by Gasteiger charge is 2.34. The second kappa shape index (κ2) is 6.93. The number of aliphatic hydroxyl groups is 1. The number of carbonyl (C=O) groups is 1. The summed E-state index contributed by atoms with van der Waals surface area (Å²) >= 11 is 0. The van der Waals surface area contributed by atoms with Crippen molar-refractivity contribution in [2.24, 2.45) is 5.41 Å². The third kappa shape index (κ3) is 4.61. The van der Waals surface area contributed by atoms with E-state index in [1.165, 1.54) is 0 Å². The molecule has 1 unspecified atom stereocenters. The number of ether oxygens (including phenoxy) is 1. The Labute approximate surface area is 103 Å². The normalized spacial score (nSPS) is 20.9. The van der Waals surface area contributed by atoms with Gasteiger partial charge in [0.05, 0.1) is 12.7 Å². The number of carbonyl (C=O) groups excluding carboxylic acids is 1. The molecule has 1 atom stereocenters. The molecule has 1 aliphatic heterocycles. The van der Waals surface area contributed by atoms with Crippen LogP contribution in [0, 0.1) is 5.41 Å². The molecule has 0 radical (unpaired) electrons. The molecule has 5 heteroatoms. The summed E-state index contributed by atoms with van der Waals surface area (Å²) in [6.07, 6.45) is 1.79. The molecule has 0 spiro atoms. The number of piperidine rings is 1. The number of hydrogen-bond acceptors (Lipinski definition) is 4. The molecular formula is C12H24N2O3. The molecule has 1 aliphatic rings. The first kappa shape index (κ1) is 14.4. The summed E-state index contributed by atoms with van der Waals surface area (Å²) in [6.45, 7) is 4.63. The van der Waals surface area contributed by atoms with E-state index in [0.29, 0.717) is 19.6 Å². The standard InChI is InChI=1S/C12H24N2O3/c1-12(4-7-13-8-5-12)11(16)14-6-3-10(15)9-17-2/h10,13,15H,3-9H2,1-2H3,(H,14,16). The minimum atomic E-state index is -0.499. The Bertz CT molecular complexity index is 240. The first-order chi connectivity index (χ1) is 8.08. The minimum Gasteiger partial charge on any atom is -0.391 e. The average Bonchev–Trinajstić information content (AvgIpc) is 2.30. The molecule has 0 bridgehead atoms. The van der Waals surface area contributed by atoms with Crippen LogP contribution in [0.15, 0.2) is 0 Å². The fourth-order valence-electron chi connectivity index (χ4n) is 2.05. The number of nitrogens with one attached hydrogen (secondary N) is 2. The summed E-state index contributed by atoms with van der Waals surface area (Å²) in [5.41, 5.74) is -0.253. The maximum atomic E-state index is 12.0. The van der Waals surface area contributed by atoms with Crippen molar-refractivity contribution in [1.82, 2.24) is 10.6 Å². The van der Waals surface area contributed by atoms with Gasteiger partial charge in [-0.1, -0.05) is 6.92 Å². The van der Waals surface area contributed by atoms with Gasteiger partial charge in [-0.25, -0.2) is 0 Å². The van der Waals surface area contributed by atoms with Crippen LogP contribution in [-0.2, 0) is 9.53 Å². The topological polar surface area (TPSA) is 70.6 Å². The van der Waals surface area contributed by atoms with Crippen molar-refractivity contribution in [3.63, 3.8) is 0 Å². The molecule has 1 heterocycles. The highest BCUT2D eigenvalue weighted by atomic mass is 16.5. The van der Waals surface area contributed by atoms with Crippen molar-refractivity contribution in [3.05, 3.63) is 0 Å². The predicted octanol–water partition coefficient (Wildman–Crippen LogP) is -0.110. The summed E-state index contributed by atoms with van der Waals surface area (Å²) in [7, 11) is 1.55. The number of amides is 1. The molecule has 5 nitrogen and oxygen atoms in total. The van der Waals surface area contributed by atoms with Gasteiger partial charge in [0, 0.05) is 19.1 Å². The molecule has 0 aromatic rings. The van der Waals surface area contributed by atoms with E-state index in [2.05, 4.69) is 10.6 Å². The summed E-state index contributed by atoms with van der Waals surface area (Å²) < 4.78 is 4.83. The fraction of sp³-hybridized carbons (Fsp3) is 0.917. The van der Waals surface area contributed by atoms with E-state index >= 15 is 0 Å². The Morgan fingerprint density at radius 1 is 1.53 bits per heavy atom.